The fraction of sp³-hybridized carbons (Fsp3) is 0.200. The molecule has 0 unspecified atom stereocenters. The van der Waals surface area contributed by atoms with Gasteiger partial charge in [-0.1, -0.05) is 42.5 Å². The van der Waals surface area contributed by atoms with Crippen molar-refractivity contribution in [3.05, 3.63) is 93.1 Å². The topological polar surface area (TPSA) is 93.4 Å². The molecule has 34 heavy (non-hydrogen) atoms. The lowest BCUT2D eigenvalue weighted by molar-refractivity contribution is -0.917. The standard InChI is InChI=1S/C25H22N4O4S/c30-24-23(16-19-10-11-22(33-19)20-8-4-5-9-21(20)29(31)32)34-25(26-24)28-14-12-27(13-15-28)17-18-6-2-1-3-7-18/h1-11,16H,12-15,17H2/p+1/b23-16-. The molecule has 0 atom stereocenters. The molecular weight excluding hydrogens is 452 g/mol. The molecule has 0 radical (unpaired) electrons. The average molecular weight is 476 g/mol. The van der Waals surface area contributed by atoms with Crippen molar-refractivity contribution in [3.8, 4) is 11.3 Å². The van der Waals surface area contributed by atoms with E-state index in [-0.39, 0.29) is 11.6 Å². The molecule has 3 aromatic rings. The molecule has 2 aromatic carbocycles. The van der Waals surface area contributed by atoms with Crippen LogP contribution in [0.5, 0.6) is 0 Å². The van der Waals surface area contributed by atoms with Gasteiger partial charge >= 0.3 is 0 Å². The number of hydrogen-bond donors (Lipinski definition) is 1. The molecule has 2 aliphatic heterocycles. The zero-order valence-electron chi connectivity index (χ0n) is 18.3. The molecule has 3 heterocycles. The number of nitro groups is 1. The number of amides is 1. The SMILES string of the molecule is O=C1N=C(N2CC[NH+](Cc3ccccc3)CC2)S/C1=C\c1ccc(-c2ccccc2[N+](=O)[O-])o1. The number of carbonyl (C=O) groups excluding carboxylic acids is 1. The first-order valence-corrected chi connectivity index (χ1v) is 11.9. The molecule has 0 aliphatic carbocycles. The zero-order chi connectivity index (χ0) is 23.5. The minimum atomic E-state index is -0.437. The third kappa shape index (κ3) is 4.80. The number of amidine groups is 1. The molecule has 1 saturated heterocycles. The van der Waals surface area contributed by atoms with Crippen molar-refractivity contribution in [3.63, 3.8) is 0 Å². The van der Waals surface area contributed by atoms with E-state index in [0.29, 0.717) is 22.0 Å². The summed E-state index contributed by atoms with van der Waals surface area (Å²) >= 11 is 1.35. The van der Waals surface area contributed by atoms with Gasteiger partial charge in [-0.15, -0.1) is 0 Å². The van der Waals surface area contributed by atoms with Crippen LogP contribution >= 0.6 is 11.8 Å². The van der Waals surface area contributed by atoms with E-state index in [9.17, 15) is 14.9 Å². The number of piperazine rings is 1. The van der Waals surface area contributed by atoms with Gasteiger partial charge in [0.1, 0.15) is 18.1 Å². The summed E-state index contributed by atoms with van der Waals surface area (Å²) in [5, 5.41) is 12.0. The number of nitro benzene ring substituents is 1. The summed E-state index contributed by atoms with van der Waals surface area (Å²) in [6.07, 6.45) is 1.65. The Labute approximate surface area is 200 Å². The van der Waals surface area contributed by atoms with Gasteiger partial charge in [-0.3, -0.25) is 14.9 Å². The van der Waals surface area contributed by atoms with Crippen LogP contribution < -0.4 is 4.90 Å². The van der Waals surface area contributed by atoms with Gasteiger partial charge in [-0.2, -0.15) is 4.99 Å². The van der Waals surface area contributed by atoms with Gasteiger partial charge in [-0.05, 0) is 30.0 Å². The van der Waals surface area contributed by atoms with E-state index < -0.39 is 4.92 Å². The fourth-order valence-electron chi connectivity index (χ4n) is 4.15. The highest BCUT2D eigenvalue weighted by molar-refractivity contribution is 8.18. The molecule has 172 valence electrons. The average Bonchev–Trinajstić information content (AvgIpc) is 3.47. The molecule has 1 aromatic heterocycles. The number of nitrogens with zero attached hydrogens (tertiary/aromatic N) is 3. The van der Waals surface area contributed by atoms with Crippen molar-refractivity contribution in [2.75, 3.05) is 26.2 Å². The first-order valence-electron chi connectivity index (χ1n) is 11.1. The van der Waals surface area contributed by atoms with Gasteiger partial charge in [0.2, 0.25) is 0 Å². The summed E-state index contributed by atoms with van der Waals surface area (Å²) < 4.78 is 5.81. The Bertz CT molecular complexity index is 1280. The van der Waals surface area contributed by atoms with E-state index in [1.165, 1.54) is 28.3 Å². The summed E-state index contributed by atoms with van der Waals surface area (Å²) in [5.41, 5.74) is 1.70. The second-order valence-electron chi connectivity index (χ2n) is 8.19. The number of furan rings is 1. The number of rotatable bonds is 5. The maximum Gasteiger partial charge on any atom is 0.286 e. The fourth-order valence-corrected chi connectivity index (χ4v) is 5.10. The lowest BCUT2D eigenvalue weighted by Crippen LogP contribution is -3.13. The zero-order valence-corrected chi connectivity index (χ0v) is 19.2. The van der Waals surface area contributed by atoms with Gasteiger partial charge in [-0.25, -0.2) is 0 Å². The van der Waals surface area contributed by atoms with Crippen LogP contribution in [0.2, 0.25) is 0 Å². The Morgan fingerprint density at radius 3 is 2.56 bits per heavy atom. The van der Waals surface area contributed by atoms with Gasteiger partial charge in [0.25, 0.3) is 11.6 Å². The molecule has 0 saturated carbocycles. The summed E-state index contributed by atoms with van der Waals surface area (Å²) in [6, 6.07) is 20.3. The highest BCUT2D eigenvalue weighted by Crippen LogP contribution is 2.34. The van der Waals surface area contributed by atoms with Gasteiger partial charge in [0, 0.05) is 17.7 Å². The van der Waals surface area contributed by atoms with E-state index in [1.54, 1.807) is 36.4 Å². The van der Waals surface area contributed by atoms with Gasteiger partial charge in [0.05, 0.1) is 41.6 Å². The summed E-state index contributed by atoms with van der Waals surface area (Å²) in [6.45, 7) is 4.66. The third-order valence-corrected chi connectivity index (χ3v) is 6.96. The molecule has 8 nitrogen and oxygen atoms in total. The molecule has 0 bridgehead atoms. The Hall–Kier alpha value is -3.69. The molecule has 1 amide bonds. The van der Waals surface area contributed by atoms with E-state index in [0.717, 1.165) is 37.9 Å². The lowest BCUT2D eigenvalue weighted by atomic mass is 10.1. The van der Waals surface area contributed by atoms with Gasteiger partial charge < -0.3 is 14.2 Å². The summed E-state index contributed by atoms with van der Waals surface area (Å²) in [4.78, 5) is 31.8. The highest BCUT2D eigenvalue weighted by atomic mass is 32.2. The van der Waals surface area contributed by atoms with E-state index in [1.807, 2.05) is 6.07 Å². The van der Waals surface area contributed by atoms with Crippen molar-refractivity contribution in [1.82, 2.24) is 4.90 Å². The molecule has 1 fully saturated rings. The minimum Gasteiger partial charge on any atom is -0.456 e. The van der Waals surface area contributed by atoms with E-state index in [4.69, 9.17) is 4.42 Å². The van der Waals surface area contributed by atoms with Crippen LogP contribution in [0.4, 0.5) is 5.69 Å². The Morgan fingerprint density at radius 1 is 1.06 bits per heavy atom. The third-order valence-electron chi connectivity index (χ3n) is 5.91. The monoisotopic (exact) mass is 475 g/mol. The predicted octanol–water partition coefficient (Wildman–Crippen LogP) is 3.23. The molecule has 9 heteroatoms. The van der Waals surface area contributed by atoms with Crippen molar-refractivity contribution in [1.29, 1.82) is 0 Å². The normalized spacial score (nSPS) is 17.9. The summed E-state index contributed by atoms with van der Waals surface area (Å²) in [7, 11) is 0. The maximum absolute atomic E-state index is 12.5. The van der Waals surface area contributed by atoms with Crippen LogP contribution in [0, 0.1) is 10.1 Å². The summed E-state index contributed by atoms with van der Waals surface area (Å²) in [5.74, 6) is 0.550. The second-order valence-corrected chi connectivity index (χ2v) is 9.19. The van der Waals surface area contributed by atoms with Crippen LogP contribution in [0.1, 0.15) is 11.3 Å². The Kier molecular flexibility index (Phi) is 6.29. The smallest absolute Gasteiger partial charge is 0.286 e. The molecule has 0 spiro atoms. The predicted molar refractivity (Wildman–Crippen MR) is 131 cm³/mol. The minimum absolute atomic E-state index is 0.0264. The van der Waals surface area contributed by atoms with Crippen molar-refractivity contribution >= 4 is 34.6 Å². The first kappa shape index (κ1) is 22.1. The largest absolute Gasteiger partial charge is 0.456 e. The molecule has 2 aliphatic rings. The van der Waals surface area contributed by atoms with E-state index in [2.05, 4.69) is 34.2 Å². The van der Waals surface area contributed by atoms with Crippen LogP contribution in [0.3, 0.4) is 0 Å². The molecule has 1 N–H and O–H groups in total. The number of quaternary nitrogens is 1. The number of para-hydroxylation sites is 1. The molecular formula is C25H23N4O4S+. The Balaban J connectivity index is 1.22. The lowest BCUT2D eigenvalue weighted by Gasteiger charge is -2.32. The number of thioether (sulfide) groups is 1. The van der Waals surface area contributed by atoms with Gasteiger partial charge in [0.15, 0.2) is 5.17 Å². The Morgan fingerprint density at radius 2 is 1.79 bits per heavy atom. The van der Waals surface area contributed by atoms with Crippen LogP contribution in [0.15, 0.2) is 81.0 Å². The van der Waals surface area contributed by atoms with Crippen molar-refractivity contribution < 1.29 is 19.0 Å². The van der Waals surface area contributed by atoms with E-state index >= 15 is 0 Å². The first-order chi connectivity index (χ1) is 16.6. The maximum atomic E-state index is 12.5. The van der Waals surface area contributed by atoms with Crippen molar-refractivity contribution in [2.24, 2.45) is 4.99 Å². The number of carbonyl (C=O) groups is 1. The quantitative estimate of drug-likeness (QED) is 0.346. The van der Waals surface area contributed by atoms with Crippen LogP contribution in [-0.2, 0) is 11.3 Å². The van der Waals surface area contributed by atoms with Crippen LogP contribution in [0.25, 0.3) is 17.4 Å². The number of benzene rings is 2. The highest BCUT2D eigenvalue weighted by Gasteiger charge is 2.30. The van der Waals surface area contributed by atoms with Crippen molar-refractivity contribution in [2.45, 2.75) is 6.54 Å². The molecule has 5 rings (SSSR count). The second kappa shape index (κ2) is 9.66. The number of hydrogen-bond acceptors (Lipinski definition) is 6. The van der Waals surface area contributed by atoms with Crippen LogP contribution in [-0.4, -0.2) is 47.1 Å². The number of nitrogens with one attached hydrogen (secondary N) is 1. The number of aliphatic imine (C=N–C) groups is 1.